The first-order chi connectivity index (χ1) is 24.5. The molecule has 0 N–H and O–H groups in total. The van der Waals surface area contributed by atoms with Crippen LogP contribution < -0.4 is 46.0 Å². The monoisotopic (exact) mass is 928 g/mol. The summed E-state index contributed by atoms with van der Waals surface area (Å²) >= 11 is 0. The molecule has 0 heterocycles. The van der Waals surface area contributed by atoms with E-state index in [1.54, 1.807) is 0 Å². The summed E-state index contributed by atoms with van der Waals surface area (Å²) in [5, 5.41) is 5.54. The summed E-state index contributed by atoms with van der Waals surface area (Å²) in [5.74, 6) is 0. The van der Waals surface area contributed by atoms with Crippen LogP contribution in [0.2, 0.25) is 12.1 Å². The molecule has 0 amide bonds. The molecule has 0 spiro atoms. The summed E-state index contributed by atoms with van der Waals surface area (Å²) in [4.78, 5) is 0. The molecule has 0 aliphatic carbocycles. The Bertz CT molecular complexity index is 1200. The summed E-state index contributed by atoms with van der Waals surface area (Å²) in [5.41, 5.74) is 0. The van der Waals surface area contributed by atoms with Crippen molar-refractivity contribution in [2.75, 3.05) is 52.0 Å². The Morgan fingerprint density at radius 1 is 0.358 bits per heavy atom. The molecule has 4 rings (SSSR count). The Hall–Kier alpha value is -0.824. The maximum atomic E-state index is 6.04. The normalized spacial score (nSPS) is 11.2. The molecule has 0 saturated heterocycles. The second-order valence-electron chi connectivity index (χ2n) is 11.1. The van der Waals surface area contributed by atoms with Crippen molar-refractivity contribution in [3.8, 4) is 0 Å². The minimum Gasteiger partial charge on any atom is -1.00 e. The maximum absolute atomic E-state index is 6.04. The van der Waals surface area contributed by atoms with Crippen LogP contribution in [0.25, 0.3) is 0 Å². The van der Waals surface area contributed by atoms with Crippen molar-refractivity contribution in [2.45, 2.75) is 53.6 Å². The quantitative estimate of drug-likeness (QED) is 0.0893. The van der Waals surface area contributed by atoms with E-state index in [-0.39, 0.29) is 45.2 Å². The van der Waals surface area contributed by atoms with Gasteiger partial charge in [0.2, 0.25) is 0 Å². The Labute approximate surface area is 351 Å². The molecule has 4 aromatic carbocycles. The molecule has 0 unspecified atom stereocenters. The van der Waals surface area contributed by atoms with Crippen LogP contribution in [0.1, 0.15) is 41.5 Å². The van der Waals surface area contributed by atoms with Gasteiger partial charge in [-0.05, 0) is 90.9 Å². The number of halogens is 2. The fourth-order valence-corrected chi connectivity index (χ4v) is 17.5. The molecule has 0 saturated carbocycles. The molecular formula is C40H58Cl2O6P2PdSi2. The van der Waals surface area contributed by atoms with Gasteiger partial charge >= 0.3 is 38.0 Å². The predicted octanol–water partition coefficient (Wildman–Crippen LogP) is 2.34. The molecule has 0 atom stereocenters. The van der Waals surface area contributed by atoms with Crippen molar-refractivity contribution in [3.63, 3.8) is 0 Å². The predicted molar refractivity (Wildman–Crippen MR) is 219 cm³/mol. The van der Waals surface area contributed by atoms with Crippen molar-refractivity contribution in [1.82, 2.24) is 0 Å². The Kier molecular flexibility index (Phi) is 29.9. The summed E-state index contributed by atoms with van der Waals surface area (Å²) < 4.78 is 36.2. The van der Waals surface area contributed by atoms with Crippen molar-refractivity contribution in [1.29, 1.82) is 0 Å². The van der Waals surface area contributed by atoms with Gasteiger partial charge in [-0.3, -0.25) is 0 Å². The molecule has 13 heteroatoms. The number of hydrogen-bond donors (Lipinski definition) is 0. The maximum Gasteiger partial charge on any atom is 2.00 e. The Morgan fingerprint density at radius 3 is 0.717 bits per heavy atom. The van der Waals surface area contributed by atoms with Crippen LogP contribution in [-0.4, -0.2) is 69.6 Å². The SMILES string of the molecule is CCO[Si](CCP(c1ccccc1)c1ccccc1)(OCC)OCC.CCO[Si](CCP(c1ccccc1)c1ccccc1)(OCC)OCC.[Cl-].[Cl-].[Pd+2]. The molecule has 4 aromatic rings. The second kappa shape index (κ2) is 30.3. The zero-order valence-electron chi connectivity index (χ0n) is 32.0. The van der Waals surface area contributed by atoms with Gasteiger partial charge in [0.15, 0.2) is 0 Å². The minimum absolute atomic E-state index is 0. The number of hydrogen-bond acceptors (Lipinski definition) is 6. The summed E-state index contributed by atoms with van der Waals surface area (Å²) in [6.45, 7) is 15.8. The van der Waals surface area contributed by atoms with Crippen LogP contribution >= 0.6 is 15.8 Å². The molecule has 53 heavy (non-hydrogen) atoms. The van der Waals surface area contributed by atoms with Crippen LogP contribution in [0.15, 0.2) is 121 Å². The van der Waals surface area contributed by atoms with E-state index in [0.29, 0.717) is 39.6 Å². The molecule has 0 radical (unpaired) electrons. The average Bonchev–Trinajstić information content (AvgIpc) is 3.15. The third-order valence-electron chi connectivity index (χ3n) is 7.74. The summed E-state index contributed by atoms with van der Waals surface area (Å²) in [6.07, 6.45) is 2.02. The molecule has 0 aromatic heterocycles. The largest absolute Gasteiger partial charge is 2.00 e. The molecule has 0 aliphatic heterocycles. The number of benzene rings is 4. The summed E-state index contributed by atoms with van der Waals surface area (Å²) in [7, 11) is -6.12. The van der Waals surface area contributed by atoms with Gasteiger partial charge in [0.25, 0.3) is 0 Å². The fraction of sp³-hybridized carbons (Fsp3) is 0.400. The molecule has 0 bridgehead atoms. The van der Waals surface area contributed by atoms with Gasteiger partial charge in [-0.25, -0.2) is 0 Å². The third-order valence-corrected chi connectivity index (χ3v) is 19.7. The third kappa shape index (κ3) is 17.9. The van der Waals surface area contributed by atoms with E-state index in [1.807, 2.05) is 41.5 Å². The Balaban J connectivity index is 0.000000966. The first-order valence-corrected chi connectivity index (χ1v) is 25.0. The average molecular weight is 930 g/mol. The minimum atomic E-state index is -2.61. The van der Waals surface area contributed by atoms with Crippen molar-refractivity contribution in [2.24, 2.45) is 0 Å². The summed E-state index contributed by atoms with van der Waals surface area (Å²) in [6, 6.07) is 44.7. The van der Waals surface area contributed by atoms with Crippen LogP contribution in [0, 0.1) is 0 Å². The van der Waals surface area contributed by atoms with E-state index in [9.17, 15) is 0 Å². The molecule has 0 aliphatic rings. The van der Waals surface area contributed by atoms with E-state index >= 15 is 0 Å². The zero-order valence-corrected chi connectivity index (χ0v) is 38.9. The van der Waals surface area contributed by atoms with Gasteiger partial charge in [-0.15, -0.1) is 0 Å². The second-order valence-corrected chi connectivity index (χ2v) is 21.2. The van der Waals surface area contributed by atoms with E-state index < -0.39 is 33.5 Å². The van der Waals surface area contributed by atoms with E-state index in [0.717, 1.165) is 24.4 Å². The van der Waals surface area contributed by atoms with Gasteiger partial charge in [0, 0.05) is 51.7 Å². The van der Waals surface area contributed by atoms with E-state index in [4.69, 9.17) is 26.6 Å². The van der Waals surface area contributed by atoms with Crippen molar-refractivity contribution < 1.29 is 71.8 Å². The topological polar surface area (TPSA) is 55.4 Å². The van der Waals surface area contributed by atoms with Gasteiger partial charge in [-0.2, -0.15) is 0 Å². The van der Waals surface area contributed by atoms with Crippen LogP contribution in [0.4, 0.5) is 0 Å². The van der Waals surface area contributed by atoms with Crippen molar-refractivity contribution >= 4 is 54.7 Å². The first-order valence-electron chi connectivity index (χ1n) is 18.1. The van der Waals surface area contributed by atoms with E-state index in [2.05, 4.69) is 121 Å². The smallest absolute Gasteiger partial charge is 1.00 e. The molecule has 6 nitrogen and oxygen atoms in total. The van der Waals surface area contributed by atoms with Crippen LogP contribution in [-0.2, 0) is 47.0 Å². The molecule has 296 valence electrons. The number of rotatable bonds is 22. The zero-order chi connectivity index (χ0) is 35.9. The van der Waals surface area contributed by atoms with Crippen LogP contribution in [0.3, 0.4) is 0 Å². The van der Waals surface area contributed by atoms with Crippen LogP contribution in [0.5, 0.6) is 0 Å². The fourth-order valence-electron chi connectivity index (χ4n) is 5.75. The van der Waals surface area contributed by atoms with Gasteiger partial charge in [0.05, 0.1) is 0 Å². The molecule has 0 fully saturated rings. The first kappa shape index (κ1) is 52.2. The van der Waals surface area contributed by atoms with Crippen molar-refractivity contribution in [3.05, 3.63) is 121 Å². The van der Waals surface area contributed by atoms with Gasteiger partial charge in [-0.1, -0.05) is 121 Å². The van der Waals surface area contributed by atoms with Gasteiger partial charge < -0.3 is 51.4 Å². The Morgan fingerprint density at radius 2 is 0.547 bits per heavy atom. The van der Waals surface area contributed by atoms with E-state index in [1.165, 1.54) is 21.2 Å². The molecular weight excluding hydrogens is 872 g/mol. The standard InChI is InChI=1S/2C20H29O3PSi.2ClH.Pd/c2*1-4-21-25(22-5-2,23-6-3)18-17-24(19-13-9-7-10-14-19)20-15-11-8-12-16-20;;;/h2*7-16H,4-6,17-18H2,1-3H3;2*1H;/q;;;;+2/p-2. The van der Waals surface area contributed by atoms with Gasteiger partial charge in [0.1, 0.15) is 0 Å².